The summed E-state index contributed by atoms with van der Waals surface area (Å²) >= 11 is 0. The van der Waals surface area contributed by atoms with Crippen molar-refractivity contribution in [2.75, 3.05) is 13.7 Å². The lowest BCUT2D eigenvalue weighted by Crippen LogP contribution is -2.25. The van der Waals surface area contributed by atoms with Gasteiger partial charge in [-0.15, -0.1) is 0 Å². The summed E-state index contributed by atoms with van der Waals surface area (Å²) in [5.41, 5.74) is 6.31. The molecule has 4 N–H and O–H groups in total. The normalized spacial score (nSPS) is 12.3. The van der Waals surface area contributed by atoms with Crippen molar-refractivity contribution < 1.29 is 19.6 Å². The molecule has 1 unspecified atom stereocenters. The molecule has 1 aromatic heterocycles. The number of aromatic amines is 1. The van der Waals surface area contributed by atoms with Crippen LogP contribution in [0.2, 0.25) is 0 Å². The largest absolute Gasteiger partial charge is 0.496 e. The first-order valence-electron chi connectivity index (χ1n) is 6.23. The SMILES string of the molecule is COc1ccc([N+](=O)[O-])c2[nH]cc(CC(CN)C(=O)O)c12. The van der Waals surface area contributed by atoms with E-state index >= 15 is 0 Å². The summed E-state index contributed by atoms with van der Waals surface area (Å²) in [5.74, 6) is -1.31. The first-order valence-corrected chi connectivity index (χ1v) is 6.23. The van der Waals surface area contributed by atoms with Crippen LogP contribution >= 0.6 is 0 Å². The number of methoxy groups -OCH3 is 1. The molecule has 0 aliphatic rings. The molecule has 2 rings (SSSR count). The molecular formula is C13H15N3O5. The molecule has 0 aliphatic carbocycles. The van der Waals surface area contributed by atoms with Gasteiger partial charge in [0.1, 0.15) is 11.3 Å². The van der Waals surface area contributed by atoms with Gasteiger partial charge in [-0.1, -0.05) is 0 Å². The highest BCUT2D eigenvalue weighted by molar-refractivity contribution is 5.95. The van der Waals surface area contributed by atoms with Gasteiger partial charge in [-0.25, -0.2) is 0 Å². The third kappa shape index (κ3) is 2.65. The number of hydrogen-bond donors (Lipinski definition) is 3. The molecule has 1 heterocycles. The van der Waals surface area contributed by atoms with Gasteiger partial charge < -0.3 is 20.6 Å². The summed E-state index contributed by atoms with van der Waals surface area (Å²) < 4.78 is 5.22. The van der Waals surface area contributed by atoms with E-state index in [0.717, 1.165) is 0 Å². The van der Waals surface area contributed by atoms with E-state index in [0.29, 0.717) is 22.2 Å². The molecule has 2 aromatic rings. The molecule has 0 aliphatic heterocycles. The maximum atomic E-state index is 11.1. The predicted molar refractivity (Wildman–Crippen MR) is 75.4 cm³/mol. The Labute approximate surface area is 119 Å². The highest BCUT2D eigenvalue weighted by Gasteiger charge is 2.23. The van der Waals surface area contributed by atoms with Crippen LogP contribution < -0.4 is 10.5 Å². The Hall–Kier alpha value is -2.61. The molecule has 0 spiro atoms. The summed E-state index contributed by atoms with van der Waals surface area (Å²) in [4.78, 5) is 24.5. The Balaban J connectivity index is 2.58. The number of aliphatic carboxylic acids is 1. The second-order valence-electron chi connectivity index (χ2n) is 4.58. The highest BCUT2D eigenvalue weighted by Crippen LogP contribution is 2.35. The van der Waals surface area contributed by atoms with Crippen LogP contribution in [0, 0.1) is 16.0 Å². The molecule has 112 valence electrons. The number of carboxylic acid groups (broad SMARTS) is 1. The average molecular weight is 293 g/mol. The van der Waals surface area contributed by atoms with Crippen molar-refractivity contribution in [2.45, 2.75) is 6.42 Å². The number of carbonyl (C=O) groups is 1. The maximum Gasteiger partial charge on any atom is 0.308 e. The number of benzene rings is 1. The van der Waals surface area contributed by atoms with Crippen LogP contribution in [0.4, 0.5) is 5.69 Å². The molecule has 0 amide bonds. The van der Waals surface area contributed by atoms with Crippen molar-refractivity contribution in [2.24, 2.45) is 11.7 Å². The minimum atomic E-state index is -1.00. The molecule has 0 radical (unpaired) electrons. The van der Waals surface area contributed by atoms with Gasteiger partial charge in [0.05, 0.1) is 23.3 Å². The van der Waals surface area contributed by atoms with Gasteiger partial charge in [-0.2, -0.15) is 0 Å². The smallest absolute Gasteiger partial charge is 0.308 e. The lowest BCUT2D eigenvalue weighted by molar-refractivity contribution is -0.383. The molecule has 0 saturated heterocycles. The van der Waals surface area contributed by atoms with Gasteiger partial charge >= 0.3 is 5.97 Å². The average Bonchev–Trinajstić information content (AvgIpc) is 2.87. The van der Waals surface area contributed by atoms with Gasteiger partial charge in [0.25, 0.3) is 5.69 Å². The molecule has 1 aromatic carbocycles. The fourth-order valence-electron chi connectivity index (χ4n) is 2.29. The topological polar surface area (TPSA) is 131 Å². The first kappa shape index (κ1) is 14.8. The monoisotopic (exact) mass is 293 g/mol. The van der Waals surface area contributed by atoms with Gasteiger partial charge in [0, 0.05) is 18.8 Å². The van der Waals surface area contributed by atoms with E-state index in [1.165, 1.54) is 19.2 Å². The van der Waals surface area contributed by atoms with E-state index in [2.05, 4.69) is 4.98 Å². The molecular weight excluding hydrogens is 278 g/mol. The third-order valence-corrected chi connectivity index (χ3v) is 3.37. The standard InChI is InChI=1S/C13H15N3O5/c1-21-10-3-2-9(16(19)20)12-11(10)8(6-15-12)4-7(5-14)13(17)18/h2-3,6-7,15H,4-5,14H2,1H3,(H,17,18). The molecule has 1 atom stereocenters. The number of nitrogens with zero attached hydrogens (tertiary/aromatic N) is 1. The first-order chi connectivity index (χ1) is 9.99. The van der Waals surface area contributed by atoms with Crippen molar-refractivity contribution in [3.05, 3.63) is 34.0 Å². The number of nitro benzene ring substituents is 1. The Morgan fingerprint density at radius 3 is 2.81 bits per heavy atom. The Morgan fingerprint density at radius 1 is 1.57 bits per heavy atom. The summed E-state index contributed by atoms with van der Waals surface area (Å²) in [5, 5.41) is 20.6. The van der Waals surface area contributed by atoms with Gasteiger partial charge in [0.15, 0.2) is 0 Å². The molecule has 21 heavy (non-hydrogen) atoms. The van der Waals surface area contributed by atoms with Crippen LogP contribution in [0.1, 0.15) is 5.56 Å². The van der Waals surface area contributed by atoms with Crippen molar-refractivity contribution in [3.8, 4) is 5.75 Å². The van der Waals surface area contributed by atoms with Gasteiger partial charge in [-0.05, 0) is 18.1 Å². The number of non-ortho nitro benzene ring substituents is 1. The molecule has 0 saturated carbocycles. The number of aromatic nitrogens is 1. The molecule has 0 fully saturated rings. The van der Waals surface area contributed by atoms with E-state index in [1.807, 2.05) is 0 Å². The number of nitro groups is 1. The number of ether oxygens (including phenoxy) is 1. The quantitative estimate of drug-likeness (QED) is 0.543. The van der Waals surface area contributed by atoms with Crippen LogP contribution in [0.25, 0.3) is 10.9 Å². The van der Waals surface area contributed by atoms with Crippen molar-refractivity contribution in [1.29, 1.82) is 0 Å². The van der Waals surface area contributed by atoms with Crippen LogP contribution in [0.5, 0.6) is 5.75 Å². The molecule has 8 nitrogen and oxygen atoms in total. The number of hydrogen-bond acceptors (Lipinski definition) is 5. The van der Waals surface area contributed by atoms with Crippen molar-refractivity contribution >= 4 is 22.6 Å². The number of fused-ring (bicyclic) bond motifs is 1. The van der Waals surface area contributed by atoms with E-state index in [1.54, 1.807) is 6.20 Å². The Bertz CT molecular complexity index is 694. The number of nitrogens with two attached hydrogens (primary N) is 1. The van der Waals surface area contributed by atoms with Crippen LogP contribution in [0.15, 0.2) is 18.3 Å². The van der Waals surface area contributed by atoms with E-state index in [-0.39, 0.29) is 18.7 Å². The third-order valence-electron chi connectivity index (χ3n) is 3.37. The Morgan fingerprint density at radius 2 is 2.29 bits per heavy atom. The van der Waals surface area contributed by atoms with Crippen LogP contribution in [-0.2, 0) is 11.2 Å². The predicted octanol–water partition coefficient (Wildman–Crippen LogP) is 1.29. The van der Waals surface area contributed by atoms with E-state index < -0.39 is 16.8 Å². The zero-order valence-electron chi connectivity index (χ0n) is 11.3. The lowest BCUT2D eigenvalue weighted by Gasteiger charge is -2.10. The fourth-order valence-corrected chi connectivity index (χ4v) is 2.29. The fraction of sp³-hybridized carbons (Fsp3) is 0.308. The molecule has 0 bridgehead atoms. The second kappa shape index (κ2) is 5.80. The zero-order valence-corrected chi connectivity index (χ0v) is 11.3. The number of H-pyrrole nitrogens is 1. The van der Waals surface area contributed by atoms with E-state index in [4.69, 9.17) is 15.6 Å². The van der Waals surface area contributed by atoms with E-state index in [9.17, 15) is 14.9 Å². The van der Waals surface area contributed by atoms with Crippen molar-refractivity contribution in [3.63, 3.8) is 0 Å². The van der Waals surface area contributed by atoms with Gasteiger partial charge in [0.2, 0.25) is 0 Å². The molecule has 8 heteroatoms. The summed E-state index contributed by atoms with van der Waals surface area (Å²) in [6.07, 6.45) is 1.73. The van der Waals surface area contributed by atoms with Crippen LogP contribution in [-0.4, -0.2) is 34.6 Å². The number of carboxylic acids is 1. The second-order valence-corrected chi connectivity index (χ2v) is 4.58. The van der Waals surface area contributed by atoms with Gasteiger partial charge in [-0.3, -0.25) is 14.9 Å². The lowest BCUT2D eigenvalue weighted by atomic mass is 9.98. The summed E-state index contributed by atoms with van der Waals surface area (Å²) in [6, 6.07) is 2.84. The zero-order chi connectivity index (χ0) is 15.6. The van der Waals surface area contributed by atoms with Crippen molar-refractivity contribution in [1.82, 2.24) is 4.98 Å². The Kier molecular flexibility index (Phi) is 4.08. The minimum Gasteiger partial charge on any atom is -0.496 e. The minimum absolute atomic E-state index is 0.0146. The maximum absolute atomic E-state index is 11.1. The summed E-state index contributed by atoms with van der Waals surface area (Å²) in [7, 11) is 1.45. The number of rotatable bonds is 6. The van der Waals surface area contributed by atoms with Crippen LogP contribution in [0.3, 0.4) is 0 Å². The summed E-state index contributed by atoms with van der Waals surface area (Å²) in [6.45, 7) is -0.0146. The number of nitrogens with one attached hydrogen (secondary N) is 1. The highest BCUT2D eigenvalue weighted by atomic mass is 16.6.